The molecule has 0 spiro atoms. The quantitative estimate of drug-likeness (QED) is 0.440. The number of halogens is 1. The average Bonchev–Trinajstić information content (AvgIpc) is 3.20. The predicted octanol–water partition coefficient (Wildman–Crippen LogP) is 4.82. The van der Waals surface area contributed by atoms with Crippen LogP contribution in [0.3, 0.4) is 0 Å². The van der Waals surface area contributed by atoms with Gasteiger partial charge in [-0.05, 0) is 53.2 Å². The monoisotopic (exact) mass is 466 g/mol. The molecular weight excluding hydrogens is 448 g/mol. The minimum Gasteiger partial charge on any atom is -0.493 e. The summed E-state index contributed by atoms with van der Waals surface area (Å²) in [6.45, 7) is 2.38. The molecular formula is C22H19BrN4O3. The van der Waals surface area contributed by atoms with Gasteiger partial charge in [0.25, 0.3) is 5.91 Å². The summed E-state index contributed by atoms with van der Waals surface area (Å²) in [6.07, 6.45) is 5.52. The van der Waals surface area contributed by atoms with Crippen molar-refractivity contribution in [3.63, 3.8) is 0 Å². The zero-order valence-corrected chi connectivity index (χ0v) is 18.0. The van der Waals surface area contributed by atoms with E-state index in [-0.39, 0.29) is 5.91 Å². The Bertz CT molecular complexity index is 1170. The van der Waals surface area contributed by atoms with Crippen LogP contribution >= 0.6 is 15.9 Å². The van der Waals surface area contributed by atoms with Crippen LogP contribution in [0, 0.1) is 0 Å². The molecule has 30 heavy (non-hydrogen) atoms. The van der Waals surface area contributed by atoms with Gasteiger partial charge in [-0.25, -0.2) is 9.97 Å². The van der Waals surface area contributed by atoms with Crippen molar-refractivity contribution in [2.24, 2.45) is 0 Å². The number of hydrogen-bond donors (Lipinski definition) is 1. The molecule has 0 saturated carbocycles. The van der Waals surface area contributed by atoms with Gasteiger partial charge in [0, 0.05) is 35.4 Å². The van der Waals surface area contributed by atoms with E-state index in [9.17, 15) is 4.79 Å². The molecule has 4 rings (SSSR count). The smallest absolute Gasteiger partial charge is 0.255 e. The van der Waals surface area contributed by atoms with Crippen LogP contribution in [0.15, 0.2) is 65.5 Å². The van der Waals surface area contributed by atoms with Gasteiger partial charge in [0.1, 0.15) is 0 Å². The molecule has 0 aliphatic carbocycles. The van der Waals surface area contributed by atoms with Gasteiger partial charge in [0.15, 0.2) is 11.5 Å². The Morgan fingerprint density at radius 1 is 1.23 bits per heavy atom. The van der Waals surface area contributed by atoms with Gasteiger partial charge >= 0.3 is 0 Å². The molecule has 0 aliphatic rings. The summed E-state index contributed by atoms with van der Waals surface area (Å²) in [7, 11) is 1.54. The molecule has 4 aromatic rings. The van der Waals surface area contributed by atoms with Crippen LogP contribution in [0.25, 0.3) is 17.0 Å². The fourth-order valence-electron chi connectivity index (χ4n) is 3.03. The second kappa shape index (κ2) is 8.54. The van der Waals surface area contributed by atoms with E-state index in [1.54, 1.807) is 25.4 Å². The normalized spacial score (nSPS) is 10.8. The molecule has 1 N–H and O–H groups in total. The molecule has 0 aliphatic heterocycles. The molecule has 1 amide bonds. The Morgan fingerprint density at radius 2 is 2.03 bits per heavy atom. The first kappa shape index (κ1) is 19.9. The molecule has 0 fully saturated rings. The average molecular weight is 467 g/mol. The molecule has 0 saturated heterocycles. The lowest BCUT2D eigenvalue weighted by Crippen LogP contribution is -2.12. The Balaban J connectivity index is 1.53. The van der Waals surface area contributed by atoms with E-state index in [4.69, 9.17) is 9.47 Å². The fourth-order valence-corrected chi connectivity index (χ4v) is 3.59. The van der Waals surface area contributed by atoms with Crippen molar-refractivity contribution < 1.29 is 14.3 Å². The maximum absolute atomic E-state index is 12.7. The summed E-state index contributed by atoms with van der Waals surface area (Å²) in [5.41, 5.74) is 2.88. The minimum absolute atomic E-state index is 0.248. The zero-order valence-electron chi connectivity index (χ0n) is 16.4. The number of anilines is 1. The number of imidazole rings is 1. The van der Waals surface area contributed by atoms with Gasteiger partial charge in [-0.2, -0.15) is 0 Å². The van der Waals surface area contributed by atoms with E-state index in [0.29, 0.717) is 39.6 Å². The third-order valence-corrected chi connectivity index (χ3v) is 5.04. The number of benzene rings is 2. The van der Waals surface area contributed by atoms with Crippen LogP contribution < -0.4 is 14.8 Å². The summed E-state index contributed by atoms with van der Waals surface area (Å²) in [4.78, 5) is 21.5. The van der Waals surface area contributed by atoms with Gasteiger partial charge in [0.05, 0.1) is 23.9 Å². The van der Waals surface area contributed by atoms with E-state index in [1.165, 1.54) is 0 Å². The SMILES string of the molecule is CCOc1c(Br)cc(C(=O)Nc2ccc(-c3cn4cccnc4n3)cc2)cc1OC. The van der Waals surface area contributed by atoms with Gasteiger partial charge in [-0.1, -0.05) is 12.1 Å². The molecule has 2 aromatic heterocycles. The molecule has 0 bridgehead atoms. The number of carbonyl (C=O) groups is 1. The number of hydrogen-bond acceptors (Lipinski definition) is 5. The van der Waals surface area contributed by atoms with Crippen molar-refractivity contribution in [1.29, 1.82) is 0 Å². The lowest BCUT2D eigenvalue weighted by Gasteiger charge is -2.13. The van der Waals surface area contributed by atoms with Crippen LogP contribution in [0.1, 0.15) is 17.3 Å². The Labute approximate surface area is 181 Å². The molecule has 7 nitrogen and oxygen atoms in total. The molecule has 0 radical (unpaired) electrons. The number of carbonyl (C=O) groups excluding carboxylic acids is 1. The van der Waals surface area contributed by atoms with Crippen molar-refractivity contribution in [3.05, 3.63) is 71.1 Å². The van der Waals surface area contributed by atoms with Gasteiger partial charge in [-0.3, -0.25) is 9.20 Å². The van der Waals surface area contributed by atoms with Crippen LogP contribution in [0.5, 0.6) is 11.5 Å². The highest BCUT2D eigenvalue weighted by Crippen LogP contribution is 2.36. The highest BCUT2D eigenvalue weighted by atomic mass is 79.9. The molecule has 152 valence electrons. The van der Waals surface area contributed by atoms with Gasteiger partial charge < -0.3 is 14.8 Å². The fraction of sp³-hybridized carbons (Fsp3) is 0.136. The second-order valence-electron chi connectivity index (χ2n) is 6.41. The molecule has 2 aromatic carbocycles. The van der Waals surface area contributed by atoms with Crippen molar-refractivity contribution in [2.45, 2.75) is 6.92 Å². The van der Waals surface area contributed by atoms with Crippen LogP contribution in [0.2, 0.25) is 0 Å². The van der Waals surface area contributed by atoms with E-state index >= 15 is 0 Å². The largest absolute Gasteiger partial charge is 0.493 e. The van der Waals surface area contributed by atoms with Crippen molar-refractivity contribution >= 4 is 33.3 Å². The Kier molecular flexibility index (Phi) is 5.67. The first-order valence-electron chi connectivity index (χ1n) is 9.31. The molecule has 8 heteroatoms. The summed E-state index contributed by atoms with van der Waals surface area (Å²) in [6, 6.07) is 12.7. The lowest BCUT2D eigenvalue weighted by atomic mass is 10.1. The third kappa shape index (κ3) is 3.99. The first-order valence-corrected chi connectivity index (χ1v) is 10.1. The van der Waals surface area contributed by atoms with E-state index in [1.807, 2.05) is 54.0 Å². The first-order chi connectivity index (χ1) is 14.6. The summed E-state index contributed by atoms with van der Waals surface area (Å²) >= 11 is 3.44. The number of fused-ring (bicyclic) bond motifs is 1. The standard InChI is InChI=1S/C22H19BrN4O3/c1-3-30-20-17(23)11-15(12-19(20)29-2)21(28)25-16-7-5-14(6-8-16)18-13-27-10-4-9-24-22(27)26-18/h4-13H,3H2,1-2H3,(H,25,28). The summed E-state index contributed by atoms with van der Waals surface area (Å²) in [5.74, 6) is 1.46. The number of rotatable bonds is 6. The highest BCUT2D eigenvalue weighted by Gasteiger charge is 2.16. The van der Waals surface area contributed by atoms with Crippen LogP contribution in [-0.2, 0) is 0 Å². The van der Waals surface area contributed by atoms with Crippen LogP contribution in [-0.4, -0.2) is 34.0 Å². The number of amides is 1. The van der Waals surface area contributed by atoms with Crippen molar-refractivity contribution in [1.82, 2.24) is 14.4 Å². The number of nitrogens with zero attached hydrogens (tertiary/aromatic N) is 3. The Hall–Kier alpha value is -3.39. The van der Waals surface area contributed by atoms with E-state index in [2.05, 4.69) is 31.2 Å². The predicted molar refractivity (Wildman–Crippen MR) is 118 cm³/mol. The zero-order chi connectivity index (χ0) is 21.1. The van der Waals surface area contributed by atoms with Crippen LogP contribution in [0.4, 0.5) is 5.69 Å². The number of methoxy groups -OCH3 is 1. The third-order valence-electron chi connectivity index (χ3n) is 4.45. The number of aromatic nitrogens is 3. The Morgan fingerprint density at radius 3 is 2.73 bits per heavy atom. The minimum atomic E-state index is -0.248. The number of ether oxygens (including phenoxy) is 2. The van der Waals surface area contributed by atoms with E-state index < -0.39 is 0 Å². The second-order valence-corrected chi connectivity index (χ2v) is 7.26. The highest BCUT2D eigenvalue weighted by molar-refractivity contribution is 9.10. The molecule has 0 atom stereocenters. The van der Waals surface area contributed by atoms with Crippen molar-refractivity contribution in [3.8, 4) is 22.8 Å². The van der Waals surface area contributed by atoms with Gasteiger partial charge in [-0.15, -0.1) is 0 Å². The van der Waals surface area contributed by atoms with E-state index in [0.717, 1.165) is 11.3 Å². The molecule has 0 unspecified atom stereocenters. The maximum atomic E-state index is 12.7. The molecule has 2 heterocycles. The maximum Gasteiger partial charge on any atom is 0.255 e. The lowest BCUT2D eigenvalue weighted by molar-refractivity contribution is 0.102. The van der Waals surface area contributed by atoms with Gasteiger partial charge in [0.2, 0.25) is 5.78 Å². The summed E-state index contributed by atoms with van der Waals surface area (Å²) in [5, 5.41) is 2.90. The summed E-state index contributed by atoms with van der Waals surface area (Å²) < 4.78 is 13.5. The van der Waals surface area contributed by atoms with Crippen molar-refractivity contribution in [2.75, 3.05) is 19.0 Å². The number of nitrogens with one attached hydrogen (secondary N) is 1. The topological polar surface area (TPSA) is 77.8 Å².